The fourth-order valence-corrected chi connectivity index (χ4v) is 3.58. The third-order valence-corrected chi connectivity index (χ3v) is 5.08. The number of nitrogens with one attached hydrogen (secondary N) is 1. The number of nitrogens with zero attached hydrogens (tertiary/aromatic N) is 4. The van der Waals surface area contributed by atoms with Crippen LogP contribution >= 0.6 is 0 Å². The fraction of sp³-hybridized carbons (Fsp3) is 0.318. The third-order valence-electron chi connectivity index (χ3n) is 5.08. The molecule has 1 amide bonds. The van der Waals surface area contributed by atoms with Crippen molar-refractivity contribution in [3.63, 3.8) is 0 Å². The van der Waals surface area contributed by atoms with Crippen molar-refractivity contribution < 1.29 is 4.79 Å². The molecule has 1 aromatic carbocycles. The Kier molecular flexibility index (Phi) is 5.10. The number of hydrogen-bond acceptors (Lipinski definition) is 4. The Morgan fingerprint density at radius 2 is 1.82 bits per heavy atom. The lowest BCUT2D eigenvalue weighted by Gasteiger charge is -2.16. The zero-order valence-electron chi connectivity index (χ0n) is 16.4. The van der Waals surface area contributed by atoms with E-state index < -0.39 is 0 Å². The van der Waals surface area contributed by atoms with Crippen LogP contribution in [0.2, 0.25) is 0 Å². The maximum absolute atomic E-state index is 12.5. The molecule has 6 nitrogen and oxygen atoms in total. The summed E-state index contributed by atoms with van der Waals surface area (Å²) in [4.78, 5) is 19.3. The highest BCUT2D eigenvalue weighted by Gasteiger charge is 2.13. The number of anilines is 1. The zero-order chi connectivity index (χ0) is 19.5. The van der Waals surface area contributed by atoms with Gasteiger partial charge in [0.1, 0.15) is 5.82 Å². The van der Waals surface area contributed by atoms with Gasteiger partial charge < -0.3 is 10.2 Å². The van der Waals surface area contributed by atoms with E-state index in [2.05, 4.69) is 20.3 Å². The normalized spacial score (nSPS) is 13.7. The molecule has 0 atom stereocenters. The van der Waals surface area contributed by atoms with Gasteiger partial charge in [0.2, 0.25) is 0 Å². The summed E-state index contributed by atoms with van der Waals surface area (Å²) in [6, 6.07) is 13.6. The minimum Gasteiger partial charge on any atom is -0.357 e. The Balaban J connectivity index is 1.36. The summed E-state index contributed by atoms with van der Waals surface area (Å²) in [5.74, 6) is 0.927. The standard InChI is InChI=1S/C22H25N5O/c1-16-13-17(2)27(25-16)20-8-6-19(7-9-20)22(28)24-15-18-5-10-21(23-14-18)26-11-3-4-12-26/h5-10,13-14H,3-4,11-12,15H2,1-2H3,(H,24,28). The quantitative estimate of drug-likeness (QED) is 0.742. The molecule has 0 aliphatic carbocycles. The smallest absolute Gasteiger partial charge is 0.251 e. The van der Waals surface area contributed by atoms with Gasteiger partial charge in [-0.2, -0.15) is 5.10 Å². The molecule has 1 fully saturated rings. The fourth-order valence-electron chi connectivity index (χ4n) is 3.58. The maximum atomic E-state index is 12.5. The van der Waals surface area contributed by atoms with Gasteiger partial charge in [-0.25, -0.2) is 9.67 Å². The Bertz CT molecular complexity index is 954. The topological polar surface area (TPSA) is 63.1 Å². The molecule has 3 heterocycles. The average Bonchev–Trinajstić information content (AvgIpc) is 3.36. The second kappa shape index (κ2) is 7.84. The highest BCUT2D eigenvalue weighted by molar-refractivity contribution is 5.94. The summed E-state index contributed by atoms with van der Waals surface area (Å²) in [6.07, 6.45) is 4.32. The van der Waals surface area contributed by atoms with Crippen LogP contribution in [-0.4, -0.2) is 33.8 Å². The lowest BCUT2D eigenvalue weighted by atomic mass is 10.2. The summed E-state index contributed by atoms with van der Waals surface area (Å²) in [5, 5.41) is 7.44. The molecule has 3 aromatic rings. The highest BCUT2D eigenvalue weighted by Crippen LogP contribution is 2.18. The van der Waals surface area contributed by atoms with Crippen LogP contribution < -0.4 is 10.2 Å². The van der Waals surface area contributed by atoms with Crippen molar-refractivity contribution in [3.8, 4) is 5.69 Å². The second-order valence-electron chi connectivity index (χ2n) is 7.29. The Morgan fingerprint density at radius 3 is 2.43 bits per heavy atom. The van der Waals surface area contributed by atoms with Gasteiger partial charge in [0, 0.05) is 37.1 Å². The highest BCUT2D eigenvalue weighted by atomic mass is 16.1. The van der Waals surface area contributed by atoms with Gasteiger partial charge >= 0.3 is 0 Å². The van der Waals surface area contributed by atoms with Gasteiger partial charge in [0.25, 0.3) is 5.91 Å². The minimum absolute atomic E-state index is 0.0939. The molecule has 0 bridgehead atoms. The summed E-state index contributed by atoms with van der Waals surface area (Å²) in [6.45, 7) is 6.61. The molecule has 144 valence electrons. The van der Waals surface area contributed by atoms with E-state index in [1.807, 2.05) is 67.2 Å². The first kappa shape index (κ1) is 18.2. The van der Waals surface area contributed by atoms with Gasteiger partial charge in [-0.05, 0) is 68.7 Å². The first-order valence-electron chi connectivity index (χ1n) is 9.72. The Hall–Kier alpha value is -3.15. The molecule has 4 rings (SSSR count). The molecule has 28 heavy (non-hydrogen) atoms. The van der Waals surface area contributed by atoms with Crippen molar-refractivity contribution in [2.45, 2.75) is 33.2 Å². The predicted octanol–water partition coefficient (Wildman–Crippen LogP) is 3.41. The van der Waals surface area contributed by atoms with Crippen molar-refractivity contribution in [2.24, 2.45) is 0 Å². The first-order valence-corrected chi connectivity index (χ1v) is 9.72. The lowest BCUT2D eigenvalue weighted by Crippen LogP contribution is -2.23. The number of benzene rings is 1. The summed E-state index contributed by atoms with van der Waals surface area (Å²) in [5.41, 5.74) is 4.62. The van der Waals surface area contributed by atoms with E-state index in [-0.39, 0.29) is 5.91 Å². The van der Waals surface area contributed by atoms with E-state index in [0.29, 0.717) is 12.1 Å². The number of amides is 1. The number of pyridine rings is 1. The molecule has 0 saturated carbocycles. The maximum Gasteiger partial charge on any atom is 0.251 e. The molecule has 1 aliphatic rings. The Morgan fingerprint density at radius 1 is 1.07 bits per heavy atom. The van der Waals surface area contributed by atoms with Crippen molar-refractivity contribution in [2.75, 3.05) is 18.0 Å². The molecule has 6 heteroatoms. The number of carbonyl (C=O) groups excluding carboxylic acids is 1. The van der Waals surface area contributed by atoms with Crippen molar-refractivity contribution in [3.05, 3.63) is 71.2 Å². The van der Waals surface area contributed by atoms with Crippen LogP contribution in [0, 0.1) is 13.8 Å². The van der Waals surface area contributed by atoms with E-state index in [0.717, 1.165) is 41.5 Å². The van der Waals surface area contributed by atoms with Crippen molar-refractivity contribution in [1.82, 2.24) is 20.1 Å². The van der Waals surface area contributed by atoms with E-state index in [1.165, 1.54) is 12.8 Å². The minimum atomic E-state index is -0.0939. The number of carbonyl (C=O) groups is 1. The van der Waals surface area contributed by atoms with E-state index in [1.54, 1.807) is 0 Å². The van der Waals surface area contributed by atoms with Crippen molar-refractivity contribution >= 4 is 11.7 Å². The second-order valence-corrected chi connectivity index (χ2v) is 7.29. The summed E-state index contributed by atoms with van der Waals surface area (Å²) >= 11 is 0. The molecular formula is C22H25N5O. The number of aryl methyl sites for hydroxylation is 2. The van der Waals surface area contributed by atoms with Crippen molar-refractivity contribution in [1.29, 1.82) is 0 Å². The van der Waals surface area contributed by atoms with E-state index in [4.69, 9.17) is 0 Å². The molecule has 2 aromatic heterocycles. The van der Waals surface area contributed by atoms with Crippen LogP contribution in [0.25, 0.3) is 5.69 Å². The number of aromatic nitrogens is 3. The molecule has 1 N–H and O–H groups in total. The third kappa shape index (κ3) is 3.91. The molecular weight excluding hydrogens is 350 g/mol. The summed E-state index contributed by atoms with van der Waals surface area (Å²) < 4.78 is 1.88. The number of rotatable bonds is 5. The van der Waals surface area contributed by atoms with Gasteiger partial charge in [-0.3, -0.25) is 4.79 Å². The van der Waals surface area contributed by atoms with E-state index in [9.17, 15) is 4.79 Å². The lowest BCUT2D eigenvalue weighted by molar-refractivity contribution is 0.0951. The largest absolute Gasteiger partial charge is 0.357 e. The SMILES string of the molecule is Cc1cc(C)n(-c2ccc(C(=O)NCc3ccc(N4CCCC4)nc3)cc2)n1. The van der Waals surface area contributed by atoms with Gasteiger partial charge in [0.05, 0.1) is 11.4 Å². The molecule has 0 radical (unpaired) electrons. The van der Waals surface area contributed by atoms with Gasteiger partial charge in [0.15, 0.2) is 0 Å². The Labute approximate surface area is 165 Å². The molecule has 1 aliphatic heterocycles. The van der Waals surface area contributed by atoms with E-state index >= 15 is 0 Å². The van der Waals surface area contributed by atoms with Crippen LogP contribution in [0.5, 0.6) is 0 Å². The van der Waals surface area contributed by atoms with Gasteiger partial charge in [-0.15, -0.1) is 0 Å². The average molecular weight is 375 g/mol. The zero-order valence-corrected chi connectivity index (χ0v) is 16.4. The van der Waals surface area contributed by atoms with Crippen LogP contribution in [0.15, 0.2) is 48.7 Å². The van der Waals surface area contributed by atoms with Crippen LogP contribution in [0.3, 0.4) is 0 Å². The van der Waals surface area contributed by atoms with Crippen LogP contribution in [0.1, 0.15) is 40.2 Å². The number of hydrogen-bond donors (Lipinski definition) is 1. The van der Waals surface area contributed by atoms with Crippen LogP contribution in [-0.2, 0) is 6.54 Å². The predicted molar refractivity (Wildman–Crippen MR) is 110 cm³/mol. The summed E-state index contributed by atoms with van der Waals surface area (Å²) in [7, 11) is 0. The molecule has 0 unspecified atom stereocenters. The molecule has 1 saturated heterocycles. The van der Waals surface area contributed by atoms with Gasteiger partial charge in [-0.1, -0.05) is 6.07 Å². The van der Waals surface area contributed by atoms with Crippen LogP contribution in [0.4, 0.5) is 5.82 Å². The monoisotopic (exact) mass is 375 g/mol. The first-order chi connectivity index (χ1) is 13.6. The molecule has 0 spiro atoms.